The number of aliphatic carboxylic acids is 1. The van der Waals surface area contributed by atoms with E-state index in [1.807, 2.05) is 0 Å². The van der Waals surface area contributed by atoms with E-state index in [4.69, 9.17) is 0 Å². The molecule has 19 heavy (non-hydrogen) atoms. The molecule has 3 nitrogen and oxygen atoms in total. The van der Waals surface area contributed by atoms with Crippen LogP contribution in [-0.2, 0) is 4.79 Å². The zero-order valence-electron chi connectivity index (χ0n) is 10.2. The summed E-state index contributed by atoms with van der Waals surface area (Å²) in [5.41, 5.74) is -1.43. The predicted octanol–water partition coefficient (Wildman–Crippen LogP) is -1.06. The van der Waals surface area contributed by atoms with E-state index in [1.54, 1.807) is 0 Å². The molecule has 98 valence electrons. The summed E-state index contributed by atoms with van der Waals surface area (Å²) in [6, 6.07) is 3.68. The Morgan fingerprint density at radius 1 is 1.32 bits per heavy atom. The molecule has 0 fully saturated rings. The fraction of sp³-hybridized carbons (Fsp3) is 0.273. The van der Waals surface area contributed by atoms with Crippen LogP contribution < -0.4 is 56.5 Å². The third-order valence-electron chi connectivity index (χ3n) is 2.05. The summed E-state index contributed by atoms with van der Waals surface area (Å²) in [6.07, 6.45) is -4.72. The quantitative estimate of drug-likeness (QED) is 0.509. The van der Waals surface area contributed by atoms with Crippen molar-refractivity contribution < 1.29 is 74.5 Å². The Hall–Kier alpha value is 0.266. The van der Waals surface area contributed by atoms with Crippen LogP contribution in [0, 0.1) is 0 Å². The van der Waals surface area contributed by atoms with Gasteiger partial charge in [0.25, 0.3) is 0 Å². The van der Waals surface area contributed by atoms with Crippen LogP contribution in [0.3, 0.4) is 0 Å². The van der Waals surface area contributed by atoms with Gasteiger partial charge in [0.1, 0.15) is 5.71 Å². The minimum Gasteiger partial charge on any atom is -0.548 e. The van der Waals surface area contributed by atoms with Crippen molar-refractivity contribution in [3.63, 3.8) is 0 Å². The first kappa shape index (κ1) is 19.3. The number of rotatable bonds is 3. The Morgan fingerprint density at radius 3 is 2.16 bits per heavy atom. The maximum Gasteiger partial charge on any atom is 1.00 e. The van der Waals surface area contributed by atoms with E-state index < -0.39 is 23.9 Å². The summed E-state index contributed by atoms with van der Waals surface area (Å²) in [5, 5.41) is 10.5. The molecule has 0 saturated heterocycles. The SMILES string of the molecule is C[C@H](N=C(c1ccc(Br)cc1)C(F)(F)F)C(=O)[O-].[K+]. The Morgan fingerprint density at radius 2 is 1.79 bits per heavy atom. The molecule has 0 saturated carbocycles. The second kappa shape index (κ2) is 7.89. The van der Waals surface area contributed by atoms with Crippen LogP contribution in [0.15, 0.2) is 33.7 Å². The third kappa shape index (κ3) is 6.05. The summed E-state index contributed by atoms with van der Waals surface area (Å²) >= 11 is 3.09. The minimum absolute atomic E-state index is 0. The molecule has 0 heterocycles. The summed E-state index contributed by atoms with van der Waals surface area (Å²) in [6.45, 7) is 1.03. The number of halogens is 4. The maximum atomic E-state index is 12.8. The Kier molecular flexibility index (Phi) is 8.00. The second-order valence-corrected chi connectivity index (χ2v) is 4.39. The fourth-order valence-corrected chi connectivity index (χ4v) is 1.43. The molecule has 1 aromatic rings. The molecular weight excluding hydrogens is 354 g/mol. The molecule has 0 bridgehead atoms. The first-order valence-electron chi connectivity index (χ1n) is 4.83. The van der Waals surface area contributed by atoms with Gasteiger partial charge in [-0.2, -0.15) is 13.2 Å². The van der Waals surface area contributed by atoms with E-state index in [0.29, 0.717) is 4.47 Å². The predicted molar refractivity (Wildman–Crippen MR) is 61.2 cm³/mol. The molecule has 0 radical (unpaired) electrons. The van der Waals surface area contributed by atoms with Gasteiger partial charge in [-0.25, -0.2) is 0 Å². The van der Waals surface area contributed by atoms with Crippen molar-refractivity contribution in [2.24, 2.45) is 4.99 Å². The van der Waals surface area contributed by atoms with Gasteiger partial charge in [0.05, 0.1) is 12.0 Å². The van der Waals surface area contributed by atoms with E-state index in [0.717, 1.165) is 6.92 Å². The van der Waals surface area contributed by atoms with Crippen molar-refractivity contribution >= 4 is 27.6 Å². The van der Waals surface area contributed by atoms with Crippen molar-refractivity contribution in [3.05, 3.63) is 34.3 Å². The molecule has 8 heteroatoms. The molecule has 0 aliphatic carbocycles. The monoisotopic (exact) mass is 361 g/mol. The average molecular weight is 362 g/mol. The molecule has 1 rings (SSSR count). The van der Waals surface area contributed by atoms with E-state index in [1.165, 1.54) is 24.3 Å². The standard InChI is InChI=1S/C11H9BrF3NO2.K/c1-6(10(17)18)16-9(11(13,14)15)7-2-4-8(12)5-3-7;/h2-6H,1H3,(H,17,18);/q;+1/p-1/t6-;/m0./s1. The third-order valence-corrected chi connectivity index (χ3v) is 2.58. The summed E-state index contributed by atoms with van der Waals surface area (Å²) < 4.78 is 38.9. The number of hydrogen-bond donors (Lipinski definition) is 0. The van der Waals surface area contributed by atoms with Gasteiger partial charge in [-0.15, -0.1) is 0 Å². The van der Waals surface area contributed by atoms with Crippen molar-refractivity contribution in [1.82, 2.24) is 0 Å². The molecule has 0 aliphatic heterocycles. The number of carboxylic acids is 1. The number of carbonyl (C=O) groups is 1. The smallest absolute Gasteiger partial charge is 0.548 e. The van der Waals surface area contributed by atoms with Gasteiger partial charge in [-0.3, -0.25) is 4.99 Å². The van der Waals surface area contributed by atoms with Gasteiger partial charge in [0.15, 0.2) is 0 Å². The van der Waals surface area contributed by atoms with Crippen LogP contribution in [0.5, 0.6) is 0 Å². The number of alkyl halides is 3. The van der Waals surface area contributed by atoms with E-state index >= 15 is 0 Å². The molecule has 0 aliphatic rings. The Bertz CT molecular complexity index is 474. The van der Waals surface area contributed by atoms with Crippen LogP contribution in [0.4, 0.5) is 13.2 Å². The minimum atomic E-state index is -4.72. The molecule has 0 spiro atoms. The number of nitrogens with zero attached hydrogens (tertiary/aromatic N) is 1. The fourth-order valence-electron chi connectivity index (χ4n) is 1.17. The topological polar surface area (TPSA) is 52.5 Å². The van der Waals surface area contributed by atoms with Gasteiger partial charge >= 0.3 is 57.6 Å². The first-order valence-corrected chi connectivity index (χ1v) is 5.63. The summed E-state index contributed by atoms with van der Waals surface area (Å²) in [4.78, 5) is 13.6. The number of hydrogen-bond acceptors (Lipinski definition) is 3. The normalized spacial score (nSPS) is 13.6. The van der Waals surface area contributed by atoms with Gasteiger partial charge in [-0.05, 0) is 19.1 Å². The van der Waals surface area contributed by atoms with Gasteiger partial charge in [0, 0.05) is 10.0 Å². The molecular formula is C11H8BrF3KNO2. The van der Waals surface area contributed by atoms with E-state index in [2.05, 4.69) is 20.9 Å². The number of carboxylic acid groups (broad SMARTS) is 1. The van der Waals surface area contributed by atoms with E-state index in [9.17, 15) is 23.1 Å². The maximum absolute atomic E-state index is 12.8. The largest absolute Gasteiger partial charge is 1.00 e. The number of benzene rings is 1. The van der Waals surface area contributed by atoms with Crippen LogP contribution in [-0.4, -0.2) is 23.9 Å². The van der Waals surface area contributed by atoms with Crippen LogP contribution in [0.25, 0.3) is 0 Å². The van der Waals surface area contributed by atoms with Crippen molar-refractivity contribution in [2.45, 2.75) is 19.1 Å². The zero-order chi connectivity index (χ0) is 13.9. The van der Waals surface area contributed by atoms with Gasteiger partial charge in [0.2, 0.25) is 0 Å². The summed E-state index contributed by atoms with van der Waals surface area (Å²) in [7, 11) is 0. The Labute approximate surface area is 158 Å². The van der Waals surface area contributed by atoms with Crippen molar-refractivity contribution in [2.75, 3.05) is 0 Å². The van der Waals surface area contributed by atoms with Gasteiger partial charge in [-0.1, -0.05) is 28.1 Å². The second-order valence-electron chi connectivity index (χ2n) is 3.48. The molecule has 1 aromatic carbocycles. The van der Waals surface area contributed by atoms with Crippen molar-refractivity contribution in [3.8, 4) is 0 Å². The molecule has 1 atom stereocenters. The van der Waals surface area contributed by atoms with Crippen LogP contribution in [0.1, 0.15) is 12.5 Å². The van der Waals surface area contributed by atoms with E-state index in [-0.39, 0.29) is 56.9 Å². The van der Waals surface area contributed by atoms with Crippen molar-refractivity contribution in [1.29, 1.82) is 0 Å². The molecule has 0 N–H and O–H groups in total. The first-order chi connectivity index (χ1) is 8.21. The number of aliphatic imine (C=N–C) groups is 1. The number of carbonyl (C=O) groups excluding carboxylic acids is 1. The Balaban J connectivity index is 0.00000324. The average Bonchev–Trinajstić information content (AvgIpc) is 2.25. The van der Waals surface area contributed by atoms with Crippen LogP contribution in [0.2, 0.25) is 0 Å². The molecule has 0 unspecified atom stereocenters. The summed E-state index contributed by atoms with van der Waals surface area (Å²) in [5.74, 6) is -1.66. The van der Waals surface area contributed by atoms with Crippen LogP contribution >= 0.6 is 15.9 Å². The van der Waals surface area contributed by atoms with Gasteiger partial charge < -0.3 is 9.90 Å². The molecule has 0 amide bonds. The molecule has 0 aromatic heterocycles. The zero-order valence-corrected chi connectivity index (χ0v) is 14.9.